The average Bonchev–Trinajstić information content (AvgIpc) is 2.47. The van der Waals surface area contributed by atoms with Crippen LogP contribution in [0.5, 0.6) is 5.75 Å². The van der Waals surface area contributed by atoms with E-state index < -0.39 is 0 Å². The Bertz CT molecular complexity index is 534. The van der Waals surface area contributed by atoms with Gasteiger partial charge in [0.15, 0.2) is 5.78 Å². The molecular formula is C16H15IO2. The summed E-state index contributed by atoms with van der Waals surface area (Å²) < 4.78 is 5.04. The van der Waals surface area contributed by atoms with Crippen molar-refractivity contribution < 1.29 is 9.53 Å². The van der Waals surface area contributed by atoms with Crippen LogP contribution in [0, 0.1) is 0 Å². The molecule has 0 fully saturated rings. The molecule has 3 heteroatoms. The van der Waals surface area contributed by atoms with Crippen molar-refractivity contribution in [1.82, 2.24) is 0 Å². The second kappa shape index (κ2) is 6.70. The molecule has 2 aromatic carbocycles. The van der Waals surface area contributed by atoms with Crippen LogP contribution in [0.1, 0.15) is 15.9 Å². The number of benzene rings is 2. The molecule has 0 aliphatic rings. The molecule has 2 aromatic rings. The second-order valence-electron chi connectivity index (χ2n) is 4.25. The molecule has 19 heavy (non-hydrogen) atoms. The van der Waals surface area contributed by atoms with E-state index in [0.717, 1.165) is 17.7 Å². The molecule has 0 saturated carbocycles. The summed E-state index contributed by atoms with van der Waals surface area (Å²) in [5.41, 5.74) is 1.92. The SMILES string of the molecule is COc1ccc(C(=O)C(I)Cc2ccccc2)cc1. The molecular weight excluding hydrogens is 351 g/mol. The van der Waals surface area contributed by atoms with Gasteiger partial charge >= 0.3 is 0 Å². The molecule has 0 radical (unpaired) electrons. The Kier molecular flexibility index (Phi) is 4.96. The third kappa shape index (κ3) is 3.80. The van der Waals surface area contributed by atoms with Crippen molar-refractivity contribution >= 4 is 28.4 Å². The number of methoxy groups -OCH3 is 1. The third-order valence-electron chi connectivity index (χ3n) is 2.92. The zero-order valence-corrected chi connectivity index (χ0v) is 12.8. The van der Waals surface area contributed by atoms with Crippen LogP contribution in [0.25, 0.3) is 0 Å². The first kappa shape index (κ1) is 14.1. The lowest BCUT2D eigenvalue weighted by Gasteiger charge is -2.09. The van der Waals surface area contributed by atoms with Gasteiger partial charge in [-0.25, -0.2) is 0 Å². The van der Waals surface area contributed by atoms with Crippen molar-refractivity contribution in [2.24, 2.45) is 0 Å². The lowest BCUT2D eigenvalue weighted by atomic mass is 10.0. The van der Waals surface area contributed by atoms with Crippen molar-refractivity contribution in [3.63, 3.8) is 0 Å². The smallest absolute Gasteiger partial charge is 0.175 e. The Balaban J connectivity index is 2.06. The van der Waals surface area contributed by atoms with Gasteiger partial charge in [-0.2, -0.15) is 0 Å². The zero-order chi connectivity index (χ0) is 13.7. The fourth-order valence-electron chi connectivity index (χ4n) is 1.85. The molecule has 98 valence electrons. The van der Waals surface area contributed by atoms with E-state index in [1.165, 1.54) is 5.56 Å². The van der Waals surface area contributed by atoms with Gasteiger partial charge in [-0.15, -0.1) is 0 Å². The van der Waals surface area contributed by atoms with Crippen LogP contribution < -0.4 is 4.74 Å². The Morgan fingerprint density at radius 3 is 2.32 bits per heavy atom. The highest BCUT2D eigenvalue weighted by molar-refractivity contribution is 14.1. The first-order valence-corrected chi connectivity index (χ1v) is 7.31. The minimum Gasteiger partial charge on any atom is -0.497 e. The van der Waals surface area contributed by atoms with Gasteiger partial charge < -0.3 is 4.74 Å². The van der Waals surface area contributed by atoms with Crippen LogP contribution >= 0.6 is 22.6 Å². The molecule has 0 heterocycles. The van der Waals surface area contributed by atoms with Crippen LogP contribution in [0.15, 0.2) is 54.6 Å². The summed E-state index contributed by atoms with van der Waals surface area (Å²) in [6.45, 7) is 0. The normalized spacial score (nSPS) is 11.9. The molecule has 0 aliphatic heterocycles. The number of hydrogen-bond donors (Lipinski definition) is 0. The topological polar surface area (TPSA) is 26.3 Å². The van der Waals surface area contributed by atoms with Gasteiger partial charge in [0, 0.05) is 5.56 Å². The Hall–Kier alpha value is -1.36. The Morgan fingerprint density at radius 2 is 1.74 bits per heavy atom. The number of hydrogen-bond acceptors (Lipinski definition) is 2. The maximum atomic E-state index is 12.3. The van der Waals surface area contributed by atoms with Gasteiger partial charge in [0.05, 0.1) is 11.0 Å². The highest BCUT2D eigenvalue weighted by atomic mass is 127. The minimum absolute atomic E-state index is 0.0478. The van der Waals surface area contributed by atoms with Crippen molar-refractivity contribution in [2.45, 2.75) is 10.3 Å². The van der Waals surface area contributed by atoms with Crippen LogP contribution in [0.4, 0.5) is 0 Å². The summed E-state index contributed by atoms with van der Waals surface area (Å²) in [5, 5.41) is 0. The number of Topliss-reactive ketones (excluding diaryl/α,β-unsaturated/α-hetero) is 1. The summed E-state index contributed by atoms with van der Waals surface area (Å²) in [6, 6.07) is 17.3. The van der Waals surface area contributed by atoms with E-state index in [1.807, 2.05) is 54.6 Å². The van der Waals surface area contributed by atoms with Crippen molar-refractivity contribution in [2.75, 3.05) is 7.11 Å². The van der Waals surface area contributed by atoms with E-state index in [0.29, 0.717) is 0 Å². The predicted octanol–water partition coefficient (Wildman–Crippen LogP) is 3.92. The van der Waals surface area contributed by atoms with Crippen LogP contribution in [0.2, 0.25) is 0 Å². The highest BCUT2D eigenvalue weighted by Crippen LogP contribution is 2.18. The average molecular weight is 366 g/mol. The molecule has 0 amide bonds. The van der Waals surface area contributed by atoms with Crippen molar-refractivity contribution in [1.29, 1.82) is 0 Å². The van der Waals surface area contributed by atoms with E-state index in [9.17, 15) is 4.79 Å². The highest BCUT2D eigenvalue weighted by Gasteiger charge is 2.17. The second-order valence-corrected chi connectivity index (χ2v) is 5.75. The zero-order valence-electron chi connectivity index (χ0n) is 10.7. The van der Waals surface area contributed by atoms with E-state index >= 15 is 0 Å². The monoisotopic (exact) mass is 366 g/mol. The van der Waals surface area contributed by atoms with Gasteiger partial charge in [0.1, 0.15) is 5.75 Å². The third-order valence-corrected chi connectivity index (χ3v) is 3.92. The number of carbonyl (C=O) groups is 1. The molecule has 0 saturated heterocycles. The Morgan fingerprint density at radius 1 is 1.11 bits per heavy atom. The van der Waals surface area contributed by atoms with Crippen molar-refractivity contribution in [3.8, 4) is 5.75 Å². The first-order valence-electron chi connectivity index (χ1n) is 6.07. The van der Waals surface area contributed by atoms with Gasteiger partial charge in [-0.1, -0.05) is 52.9 Å². The van der Waals surface area contributed by atoms with Crippen molar-refractivity contribution in [3.05, 3.63) is 65.7 Å². The molecule has 1 unspecified atom stereocenters. The number of ketones is 1. The molecule has 0 N–H and O–H groups in total. The maximum absolute atomic E-state index is 12.3. The fraction of sp³-hybridized carbons (Fsp3) is 0.188. The molecule has 0 bridgehead atoms. The quantitative estimate of drug-likeness (QED) is 0.456. The van der Waals surface area contributed by atoms with E-state index in [2.05, 4.69) is 22.6 Å². The van der Waals surface area contributed by atoms with Crippen LogP contribution in [-0.4, -0.2) is 16.8 Å². The van der Waals surface area contributed by atoms with Gasteiger partial charge in [0.2, 0.25) is 0 Å². The molecule has 0 spiro atoms. The molecule has 1 atom stereocenters. The number of rotatable bonds is 5. The number of halogens is 1. The number of carbonyl (C=O) groups excluding carboxylic acids is 1. The lowest BCUT2D eigenvalue weighted by molar-refractivity contribution is 0.0994. The van der Waals surface area contributed by atoms with E-state index in [1.54, 1.807) is 7.11 Å². The fourth-order valence-corrected chi connectivity index (χ4v) is 2.72. The standard InChI is InChI=1S/C16H15IO2/c1-19-14-9-7-13(8-10-14)16(18)15(17)11-12-5-3-2-4-6-12/h2-10,15H,11H2,1H3. The molecule has 2 rings (SSSR count). The summed E-state index contributed by atoms with van der Waals surface area (Å²) in [5.74, 6) is 0.928. The summed E-state index contributed by atoms with van der Waals surface area (Å²) in [7, 11) is 1.62. The van der Waals surface area contributed by atoms with E-state index in [4.69, 9.17) is 4.74 Å². The summed E-state index contributed by atoms with van der Waals surface area (Å²) in [4.78, 5) is 12.3. The minimum atomic E-state index is -0.0478. The van der Waals surface area contributed by atoms with E-state index in [-0.39, 0.29) is 9.71 Å². The van der Waals surface area contributed by atoms with Gasteiger partial charge in [-0.05, 0) is 36.2 Å². The van der Waals surface area contributed by atoms with Gasteiger partial charge in [-0.3, -0.25) is 4.79 Å². The maximum Gasteiger partial charge on any atom is 0.175 e. The molecule has 0 aliphatic carbocycles. The number of alkyl halides is 1. The predicted molar refractivity (Wildman–Crippen MR) is 85.3 cm³/mol. The van der Waals surface area contributed by atoms with Gasteiger partial charge in [0.25, 0.3) is 0 Å². The largest absolute Gasteiger partial charge is 0.497 e. The lowest BCUT2D eigenvalue weighted by Crippen LogP contribution is -2.16. The van der Waals surface area contributed by atoms with Crippen LogP contribution in [0.3, 0.4) is 0 Å². The molecule has 2 nitrogen and oxygen atoms in total. The first-order chi connectivity index (χ1) is 9.20. The Labute approximate surface area is 126 Å². The number of ether oxygens (including phenoxy) is 1. The van der Waals surface area contributed by atoms with Crippen LogP contribution in [-0.2, 0) is 6.42 Å². The molecule has 0 aromatic heterocycles. The summed E-state index contributed by atoms with van der Waals surface area (Å²) in [6.07, 6.45) is 0.756. The summed E-state index contributed by atoms with van der Waals surface area (Å²) >= 11 is 2.21.